The van der Waals surface area contributed by atoms with Crippen molar-refractivity contribution in [3.63, 3.8) is 0 Å². The van der Waals surface area contributed by atoms with Crippen LogP contribution in [0.5, 0.6) is 0 Å². The molecule has 0 aromatic heterocycles. The zero-order valence-electron chi connectivity index (χ0n) is 30.4. The van der Waals surface area contributed by atoms with E-state index in [1.807, 2.05) is 13.0 Å². The van der Waals surface area contributed by atoms with Crippen LogP contribution in [0.4, 0.5) is 0 Å². The molecule has 14 heteroatoms. The highest BCUT2D eigenvalue weighted by Gasteiger charge is 2.51. The van der Waals surface area contributed by atoms with Gasteiger partial charge in [-0.3, -0.25) is 4.79 Å². The largest absolute Gasteiger partial charge is 0.481 e. The normalized spacial score (nSPS) is 34.8. The number of nitrogens with one attached hydrogen (secondary N) is 2. The van der Waals surface area contributed by atoms with Crippen LogP contribution in [0.15, 0.2) is 11.8 Å². The lowest BCUT2D eigenvalue weighted by molar-refractivity contribution is -0.304. The Morgan fingerprint density at radius 1 is 0.939 bits per heavy atom. The van der Waals surface area contributed by atoms with E-state index in [0.29, 0.717) is 31.6 Å². The predicted octanol–water partition coefficient (Wildman–Crippen LogP) is 1.57. The number of carboxylic acids is 1. The summed E-state index contributed by atoms with van der Waals surface area (Å²) in [5.74, 6) is -0.0845. The Kier molecular flexibility index (Phi) is 20.7. The molecule has 0 aromatic carbocycles. The Balaban J connectivity index is 0.000000440. The number of hydrogen-bond acceptors (Lipinski definition) is 13. The van der Waals surface area contributed by atoms with E-state index in [1.54, 1.807) is 14.0 Å². The molecule has 2 heterocycles. The van der Waals surface area contributed by atoms with Crippen molar-refractivity contribution in [1.29, 1.82) is 0 Å². The van der Waals surface area contributed by atoms with Crippen LogP contribution in [-0.4, -0.2) is 120 Å². The molecular weight excluding hydrogens is 634 g/mol. The lowest BCUT2D eigenvalue weighted by atomic mass is 9.83. The molecule has 1 saturated heterocycles. The van der Waals surface area contributed by atoms with Crippen molar-refractivity contribution in [3.8, 4) is 0 Å². The Morgan fingerprint density at radius 3 is 2.08 bits per heavy atom. The minimum Gasteiger partial charge on any atom is -0.481 e. The van der Waals surface area contributed by atoms with Crippen LogP contribution in [0, 0.1) is 0 Å². The monoisotopic (exact) mass is 704 g/mol. The fourth-order valence-corrected chi connectivity index (χ4v) is 6.80. The van der Waals surface area contributed by atoms with Crippen LogP contribution in [0.3, 0.4) is 0 Å². The number of likely N-dealkylation sites (N-methyl/N-ethyl adjacent to an activating group) is 2. The summed E-state index contributed by atoms with van der Waals surface area (Å²) in [6.07, 6.45) is 11.3. The molecule has 0 spiro atoms. The average molecular weight is 704 g/mol. The Bertz CT molecular complexity index is 945. The summed E-state index contributed by atoms with van der Waals surface area (Å²) in [6.45, 7) is 6.55. The fraction of sp³-hybridized carbons (Fsp3) is 0.914. The van der Waals surface area contributed by atoms with Gasteiger partial charge in [-0.05, 0) is 45.9 Å². The van der Waals surface area contributed by atoms with Crippen LogP contribution in [0.2, 0.25) is 0 Å². The van der Waals surface area contributed by atoms with Gasteiger partial charge in [-0.1, -0.05) is 78.1 Å². The Morgan fingerprint density at radius 2 is 1.53 bits per heavy atom. The van der Waals surface area contributed by atoms with Crippen LogP contribution < -0.4 is 27.8 Å². The van der Waals surface area contributed by atoms with E-state index in [0.717, 1.165) is 12.8 Å². The quantitative estimate of drug-likeness (QED) is 0.0819. The number of hydrogen-bond donors (Lipinski definition) is 9. The third-order valence-corrected chi connectivity index (χ3v) is 9.64. The first-order chi connectivity index (χ1) is 23.4. The third-order valence-electron chi connectivity index (χ3n) is 9.64. The second-order valence-electron chi connectivity index (χ2n) is 14.0. The number of unbranched alkanes of at least 4 members (excludes halogenated alkanes) is 10. The molecule has 12 N–H and O–H groups in total. The highest BCUT2D eigenvalue weighted by Crippen LogP contribution is 2.32. The van der Waals surface area contributed by atoms with E-state index in [1.165, 1.54) is 57.8 Å². The van der Waals surface area contributed by atoms with Gasteiger partial charge >= 0.3 is 5.97 Å². The highest BCUT2D eigenvalue weighted by atomic mass is 16.7. The van der Waals surface area contributed by atoms with E-state index < -0.39 is 66.7 Å². The van der Waals surface area contributed by atoms with Crippen LogP contribution >= 0.6 is 0 Å². The smallest absolute Gasteiger partial charge is 0.303 e. The third kappa shape index (κ3) is 14.6. The first kappa shape index (κ1) is 43.7. The molecule has 288 valence electrons. The molecule has 11 atom stereocenters. The summed E-state index contributed by atoms with van der Waals surface area (Å²) in [7, 11) is 1.64. The van der Waals surface area contributed by atoms with Gasteiger partial charge in [0.25, 0.3) is 0 Å². The summed E-state index contributed by atoms with van der Waals surface area (Å²) in [5.41, 5.74) is 16.9. The summed E-state index contributed by atoms with van der Waals surface area (Å²) in [4.78, 5) is 10.3. The number of aliphatic hydroxyl groups is 3. The van der Waals surface area contributed by atoms with Crippen LogP contribution in [-0.2, 0) is 23.7 Å². The molecule has 2 unspecified atom stereocenters. The van der Waals surface area contributed by atoms with Crippen molar-refractivity contribution >= 4 is 5.97 Å². The highest BCUT2D eigenvalue weighted by molar-refractivity contribution is 5.66. The second kappa shape index (κ2) is 23.2. The van der Waals surface area contributed by atoms with Gasteiger partial charge < -0.3 is 67.2 Å². The van der Waals surface area contributed by atoms with Crippen molar-refractivity contribution in [3.05, 3.63) is 11.8 Å². The molecule has 3 aliphatic rings. The molecule has 2 fully saturated rings. The van der Waals surface area contributed by atoms with Gasteiger partial charge in [0.2, 0.25) is 6.29 Å². The molecule has 0 aromatic rings. The predicted molar refractivity (Wildman–Crippen MR) is 188 cm³/mol. The summed E-state index contributed by atoms with van der Waals surface area (Å²) < 4.78 is 23.6. The molecule has 2 aliphatic heterocycles. The van der Waals surface area contributed by atoms with Crippen molar-refractivity contribution in [1.82, 2.24) is 10.6 Å². The van der Waals surface area contributed by atoms with Crippen LogP contribution in [0.1, 0.15) is 111 Å². The molecule has 0 amide bonds. The minimum atomic E-state index is -1.28. The summed E-state index contributed by atoms with van der Waals surface area (Å²) in [6, 6.07) is -1.95. The zero-order valence-corrected chi connectivity index (χ0v) is 30.4. The first-order valence-corrected chi connectivity index (χ1v) is 18.6. The second-order valence-corrected chi connectivity index (χ2v) is 14.0. The minimum absolute atomic E-state index is 0.0483. The maximum Gasteiger partial charge on any atom is 0.303 e. The lowest BCUT2D eigenvalue weighted by Crippen LogP contribution is -2.69. The average Bonchev–Trinajstić information content (AvgIpc) is 3.05. The van der Waals surface area contributed by atoms with Gasteiger partial charge in [-0.15, -0.1) is 0 Å². The number of carboxylic acid groups (broad SMARTS) is 1. The standard InChI is InChI=1S/C21H41N5O7.C14H28O2/c1-4-26-13-7-12(24)16(32-19-11(23)6-5-10(8-22)31-19)14(27)17(13)33-20-15(28)18(25-3)21(2,29)9-30-20;1-2-3-4-5-6-7-8-9-10-11-12-13-14(15)16/h5,11-20,25-29H,4,6-9,22-24H2,1-3H3;2-13H2,1H3,(H,15,16)/t11?,12-,13+,14-,15+,16+,17-,18+,19?,20+,21-;/m0./s1. The summed E-state index contributed by atoms with van der Waals surface area (Å²) in [5, 5.41) is 47.2. The number of rotatable bonds is 20. The molecule has 49 heavy (non-hydrogen) atoms. The molecule has 14 nitrogen and oxygen atoms in total. The maximum absolute atomic E-state index is 11.3. The van der Waals surface area contributed by atoms with Crippen molar-refractivity contribution < 1.29 is 44.2 Å². The molecule has 1 aliphatic carbocycles. The number of aliphatic hydroxyl groups excluding tert-OH is 2. The number of carbonyl (C=O) groups is 1. The van der Waals surface area contributed by atoms with Gasteiger partial charge in [0.05, 0.1) is 25.2 Å². The lowest BCUT2D eigenvalue weighted by Gasteiger charge is -2.49. The van der Waals surface area contributed by atoms with E-state index in [9.17, 15) is 20.1 Å². The maximum atomic E-state index is 11.3. The van der Waals surface area contributed by atoms with E-state index >= 15 is 0 Å². The Hall–Kier alpha value is -1.43. The number of aliphatic carboxylic acids is 1. The molecular formula is C35H69N5O9. The van der Waals surface area contributed by atoms with Crippen molar-refractivity contribution in [2.75, 3.05) is 26.7 Å². The van der Waals surface area contributed by atoms with Gasteiger partial charge in [0.15, 0.2) is 6.29 Å². The van der Waals surface area contributed by atoms with Crippen molar-refractivity contribution in [2.45, 2.75) is 177 Å². The number of nitrogens with two attached hydrogens (primary N) is 3. The molecule has 0 radical (unpaired) electrons. The zero-order chi connectivity index (χ0) is 36.4. The molecule has 3 rings (SSSR count). The fourth-order valence-electron chi connectivity index (χ4n) is 6.80. The van der Waals surface area contributed by atoms with Gasteiger partial charge in [0.1, 0.15) is 35.8 Å². The molecule has 1 saturated carbocycles. The topological polar surface area (TPSA) is 237 Å². The SMILES string of the molecule is CCCCCCCCCCCCCC(=O)O.CCN[C@@H]1C[C@H](N)[C@@H](OC2OC(CN)=CCC2N)[C@H](O)[C@H]1O[C@H]1OC[C@](C)(O)[C@H](NC)[C@H]1O. The van der Waals surface area contributed by atoms with Crippen LogP contribution in [0.25, 0.3) is 0 Å². The van der Waals surface area contributed by atoms with Gasteiger partial charge in [-0.25, -0.2) is 0 Å². The van der Waals surface area contributed by atoms with Gasteiger partial charge in [-0.2, -0.15) is 0 Å². The van der Waals surface area contributed by atoms with E-state index in [4.69, 9.17) is 41.3 Å². The number of ether oxygens (including phenoxy) is 4. The molecule has 0 bridgehead atoms. The summed E-state index contributed by atoms with van der Waals surface area (Å²) >= 11 is 0. The van der Waals surface area contributed by atoms with Gasteiger partial charge in [0, 0.05) is 18.5 Å². The Labute approximate surface area is 293 Å². The first-order valence-electron chi connectivity index (χ1n) is 18.6. The van der Waals surface area contributed by atoms with Crippen molar-refractivity contribution in [2.24, 2.45) is 17.2 Å². The van der Waals surface area contributed by atoms with E-state index in [2.05, 4.69) is 17.6 Å². The van der Waals surface area contributed by atoms with E-state index in [-0.39, 0.29) is 19.2 Å².